The molecule has 3 rings (SSSR count). The Balaban J connectivity index is 1.38. The largest absolute Gasteiger partial charge is 0.494 e. The zero-order chi connectivity index (χ0) is 22.8. The van der Waals surface area contributed by atoms with Crippen molar-refractivity contribution in [2.75, 3.05) is 59.0 Å². The maximum absolute atomic E-state index is 12.7. The summed E-state index contributed by atoms with van der Waals surface area (Å²) in [7, 11) is 0. The van der Waals surface area contributed by atoms with Crippen molar-refractivity contribution in [2.24, 2.45) is 4.99 Å². The highest BCUT2D eigenvalue weighted by atomic mass is 16.5. The average molecular weight is 444 g/mol. The van der Waals surface area contributed by atoms with Crippen LogP contribution in [-0.4, -0.2) is 91.6 Å². The van der Waals surface area contributed by atoms with Gasteiger partial charge >= 0.3 is 0 Å². The third kappa shape index (κ3) is 7.12. The molecule has 2 heterocycles. The molecule has 7 heteroatoms. The number of nitrogens with one attached hydrogen (secondary N) is 1. The van der Waals surface area contributed by atoms with Crippen LogP contribution in [0.15, 0.2) is 29.3 Å². The molecule has 32 heavy (non-hydrogen) atoms. The standard InChI is InChI=1S/C25H41N5O2/c1-4-26-25(27-13-5-8-20-32-23-11-9-21(2)10-12-23)30-18-16-28(17-19-30)22(3)24(31)29-14-6-7-15-29/h9-12,22H,4-8,13-20H2,1-3H3,(H,26,27). The van der Waals surface area contributed by atoms with Gasteiger partial charge in [-0.2, -0.15) is 0 Å². The predicted molar refractivity (Wildman–Crippen MR) is 130 cm³/mol. The molecule has 0 saturated carbocycles. The number of guanidine groups is 1. The number of aliphatic imine (C=N–C) groups is 1. The van der Waals surface area contributed by atoms with Gasteiger partial charge in [-0.1, -0.05) is 17.7 Å². The maximum atomic E-state index is 12.7. The molecule has 0 aromatic heterocycles. The van der Waals surface area contributed by atoms with Crippen molar-refractivity contribution in [3.63, 3.8) is 0 Å². The van der Waals surface area contributed by atoms with E-state index in [0.29, 0.717) is 5.91 Å². The number of benzene rings is 1. The quantitative estimate of drug-likeness (QED) is 0.361. The highest BCUT2D eigenvalue weighted by Crippen LogP contribution is 2.14. The Bertz CT molecular complexity index is 722. The normalized spacial score (nSPS) is 18.7. The Morgan fingerprint density at radius 2 is 1.72 bits per heavy atom. The SMILES string of the molecule is CCNC(=NCCCCOc1ccc(C)cc1)N1CCN(C(C)C(=O)N2CCCC2)CC1. The molecule has 0 bridgehead atoms. The summed E-state index contributed by atoms with van der Waals surface area (Å²) in [5.41, 5.74) is 1.25. The molecule has 178 valence electrons. The van der Waals surface area contributed by atoms with Gasteiger partial charge in [0.05, 0.1) is 12.6 Å². The minimum atomic E-state index is -0.0247. The van der Waals surface area contributed by atoms with Gasteiger partial charge in [0.15, 0.2) is 5.96 Å². The van der Waals surface area contributed by atoms with Crippen LogP contribution in [0.25, 0.3) is 0 Å². The first-order valence-electron chi connectivity index (χ1n) is 12.3. The number of hydrogen-bond donors (Lipinski definition) is 1. The number of nitrogens with zero attached hydrogens (tertiary/aromatic N) is 4. The number of unbranched alkanes of at least 4 members (excludes halogenated alkanes) is 1. The van der Waals surface area contributed by atoms with Crippen LogP contribution in [0.1, 0.15) is 45.1 Å². The van der Waals surface area contributed by atoms with Crippen molar-refractivity contribution in [1.82, 2.24) is 20.0 Å². The Kier molecular flexibility index (Phi) is 9.65. The topological polar surface area (TPSA) is 60.4 Å². The maximum Gasteiger partial charge on any atom is 0.239 e. The van der Waals surface area contributed by atoms with Gasteiger partial charge in [-0.3, -0.25) is 14.7 Å². The van der Waals surface area contributed by atoms with E-state index in [4.69, 9.17) is 9.73 Å². The lowest BCUT2D eigenvalue weighted by molar-refractivity contribution is -0.135. The molecule has 2 fully saturated rings. The van der Waals surface area contributed by atoms with E-state index in [2.05, 4.69) is 48.0 Å². The molecule has 1 N–H and O–H groups in total. The summed E-state index contributed by atoms with van der Waals surface area (Å²) in [6, 6.07) is 8.17. The van der Waals surface area contributed by atoms with Crippen LogP contribution in [0, 0.1) is 6.92 Å². The van der Waals surface area contributed by atoms with E-state index in [1.807, 2.05) is 17.0 Å². The molecule has 2 aliphatic heterocycles. The zero-order valence-electron chi connectivity index (χ0n) is 20.2. The summed E-state index contributed by atoms with van der Waals surface area (Å²) < 4.78 is 5.81. The summed E-state index contributed by atoms with van der Waals surface area (Å²) in [5, 5.41) is 3.44. The van der Waals surface area contributed by atoms with Crippen molar-refractivity contribution < 1.29 is 9.53 Å². The fourth-order valence-corrected chi connectivity index (χ4v) is 4.33. The van der Waals surface area contributed by atoms with Gasteiger partial charge in [-0.15, -0.1) is 0 Å². The lowest BCUT2D eigenvalue weighted by Gasteiger charge is -2.39. The van der Waals surface area contributed by atoms with E-state index < -0.39 is 0 Å². The van der Waals surface area contributed by atoms with Crippen molar-refractivity contribution in [1.29, 1.82) is 0 Å². The number of likely N-dealkylation sites (tertiary alicyclic amines) is 1. The van der Waals surface area contributed by atoms with Crippen molar-refractivity contribution in [3.05, 3.63) is 29.8 Å². The molecule has 0 radical (unpaired) electrons. The van der Waals surface area contributed by atoms with E-state index in [9.17, 15) is 4.79 Å². The number of carbonyl (C=O) groups excluding carboxylic acids is 1. The van der Waals surface area contributed by atoms with Crippen LogP contribution in [0.4, 0.5) is 0 Å². The number of piperazine rings is 1. The van der Waals surface area contributed by atoms with E-state index in [0.717, 1.165) is 96.4 Å². The lowest BCUT2D eigenvalue weighted by atomic mass is 10.2. The number of aryl methyl sites for hydroxylation is 1. The molecule has 0 spiro atoms. The molecule has 2 aliphatic rings. The van der Waals surface area contributed by atoms with E-state index >= 15 is 0 Å². The summed E-state index contributed by atoms with van der Waals surface area (Å²) >= 11 is 0. The molecule has 2 saturated heterocycles. The zero-order valence-corrected chi connectivity index (χ0v) is 20.2. The summed E-state index contributed by atoms with van der Waals surface area (Å²) in [4.78, 5) is 24.2. The molecular weight excluding hydrogens is 402 g/mol. The predicted octanol–water partition coefficient (Wildman–Crippen LogP) is 2.75. The highest BCUT2D eigenvalue weighted by molar-refractivity contribution is 5.82. The van der Waals surface area contributed by atoms with Gasteiger partial charge in [0, 0.05) is 52.4 Å². The van der Waals surface area contributed by atoms with Crippen LogP contribution in [0.3, 0.4) is 0 Å². The minimum Gasteiger partial charge on any atom is -0.494 e. The van der Waals surface area contributed by atoms with E-state index in [1.165, 1.54) is 5.56 Å². The smallest absolute Gasteiger partial charge is 0.239 e. The van der Waals surface area contributed by atoms with Crippen LogP contribution in [0.2, 0.25) is 0 Å². The Morgan fingerprint density at radius 1 is 1.03 bits per heavy atom. The fourth-order valence-electron chi connectivity index (χ4n) is 4.33. The van der Waals surface area contributed by atoms with Crippen LogP contribution in [0.5, 0.6) is 5.75 Å². The summed E-state index contributed by atoms with van der Waals surface area (Å²) in [5.74, 6) is 2.22. The van der Waals surface area contributed by atoms with Gasteiger partial charge in [-0.05, 0) is 58.6 Å². The van der Waals surface area contributed by atoms with Gasteiger partial charge in [0.25, 0.3) is 0 Å². The van der Waals surface area contributed by atoms with Crippen molar-refractivity contribution >= 4 is 11.9 Å². The molecule has 0 aliphatic carbocycles. The van der Waals surface area contributed by atoms with Crippen LogP contribution < -0.4 is 10.1 Å². The van der Waals surface area contributed by atoms with Gasteiger partial charge < -0.3 is 19.9 Å². The molecule has 1 aromatic rings. The monoisotopic (exact) mass is 443 g/mol. The second kappa shape index (κ2) is 12.7. The molecule has 7 nitrogen and oxygen atoms in total. The van der Waals surface area contributed by atoms with Gasteiger partial charge in [-0.25, -0.2) is 0 Å². The molecule has 1 unspecified atom stereocenters. The fraction of sp³-hybridized carbons (Fsp3) is 0.680. The third-order valence-corrected chi connectivity index (χ3v) is 6.38. The van der Waals surface area contributed by atoms with Gasteiger partial charge in [0.1, 0.15) is 5.75 Å². The lowest BCUT2D eigenvalue weighted by Crippen LogP contribution is -2.57. The highest BCUT2D eigenvalue weighted by Gasteiger charge is 2.30. The summed E-state index contributed by atoms with van der Waals surface area (Å²) in [6.45, 7) is 14.1. The first-order chi connectivity index (χ1) is 15.6. The van der Waals surface area contributed by atoms with Crippen molar-refractivity contribution in [2.45, 2.75) is 52.5 Å². The Labute approximate surface area is 193 Å². The number of rotatable bonds is 9. The number of carbonyl (C=O) groups is 1. The molecule has 1 aromatic carbocycles. The second-order valence-electron chi connectivity index (χ2n) is 8.84. The van der Waals surface area contributed by atoms with Crippen LogP contribution in [-0.2, 0) is 4.79 Å². The average Bonchev–Trinajstić information content (AvgIpc) is 3.36. The molecule has 1 atom stereocenters. The second-order valence-corrected chi connectivity index (χ2v) is 8.84. The molecule has 1 amide bonds. The Morgan fingerprint density at radius 3 is 2.38 bits per heavy atom. The van der Waals surface area contributed by atoms with Crippen molar-refractivity contribution in [3.8, 4) is 5.75 Å². The van der Waals surface area contributed by atoms with Crippen LogP contribution >= 0.6 is 0 Å². The minimum absolute atomic E-state index is 0.0247. The van der Waals surface area contributed by atoms with E-state index in [-0.39, 0.29) is 6.04 Å². The Hall–Kier alpha value is -2.28. The van der Waals surface area contributed by atoms with E-state index in [1.54, 1.807) is 0 Å². The number of ether oxygens (including phenoxy) is 1. The summed E-state index contributed by atoms with van der Waals surface area (Å²) in [6.07, 6.45) is 4.28. The number of hydrogen-bond acceptors (Lipinski definition) is 4. The first kappa shape index (κ1) is 24.4. The number of amides is 1. The first-order valence-corrected chi connectivity index (χ1v) is 12.3. The van der Waals surface area contributed by atoms with Gasteiger partial charge in [0.2, 0.25) is 5.91 Å². The third-order valence-electron chi connectivity index (χ3n) is 6.38. The molecular formula is C25H41N5O2.